The highest BCUT2D eigenvalue weighted by Gasteiger charge is 2.45. The molecule has 2 saturated heterocycles. The molecule has 1 aliphatic carbocycles. The summed E-state index contributed by atoms with van der Waals surface area (Å²) in [5.41, 5.74) is 6.79. The van der Waals surface area contributed by atoms with E-state index in [1.54, 1.807) is 6.26 Å². The fraction of sp³-hybridized carbons (Fsp3) is 0.433. The van der Waals surface area contributed by atoms with Crippen molar-refractivity contribution < 1.29 is 27.1 Å². The molecule has 3 aliphatic rings. The van der Waals surface area contributed by atoms with Gasteiger partial charge in [0, 0.05) is 21.8 Å². The minimum absolute atomic E-state index is 0.197. The Balaban J connectivity index is 0.00000298. The quantitative estimate of drug-likeness (QED) is 0.0843. The highest BCUT2D eigenvalue weighted by Crippen LogP contribution is 2.54. The smallest absolute Gasteiger partial charge is 0.397 e. The lowest BCUT2D eigenvalue weighted by Crippen LogP contribution is -2.44. The molecule has 0 amide bonds. The Morgan fingerprint density at radius 1 is 0.750 bits per heavy atom. The number of benzene rings is 2. The van der Waals surface area contributed by atoms with E-state index >= 15 is 0 Å². The highest BCUT2D eigenvalue weighted by molar-refractivity contribution is 7.42. The molecule has 2 fully saturated rings. The fourth-order valence-electron chi connectivity index (χ4n) is 7.81. The Bertz CT molecular complexity index is 2190. The summed E-state index contributed by atoms with van der Waals surface area (Å²) < 4.78 is 37.7. The van der Waals surface area contributed by atoms with E-state index in [-0.39, 0.29) is 27.6 Å². The molecule has 0 radical (unpaired) electrons. The van der Waals surface area contributed by atoms with Gasteiger partial charge in [0.2, 0.25) is 0 Å². The van der Waals surface area contributed by atoms with Crippen molar-refractivity contribution in [2.75, 3.05) is 26.4 Å². The molecule has 1 atom stereocenters. The van der Waals surface area contributed by atoms with Crippen LogP contribution in [-0.2, 0) is 33.4 Å². The fourth-order valence-corrected chi connectivity index (χ4v) is 10.2. The van der Waals surface area contributed by atoms with Crippen LogP contribution in [0, 0.1) is 22.2 Å². The van der Waals surface area contributed by atoms with Gasteiger partial charge in [0.05, 0.1) is 38.1 Å². The summed E-state index contributed by atoms with van der Waals surface area (Å²) in [5.74, 6) is 1.00. The van der Waals surface area contributed by atoms with Crippen LogP contribution in [0.5, 0.6) is 5.75 Å². The molecular weight excluding hydrogens is 879 g/mol. The van der Waals surface area contributed by atoms with Gasteiger partial charge in [-0.15, -0.1) is 0 Å². The average Bonchev–Trinajstić information content (AvgIpc) is 3.65. The average molecular weight is 963 g/mol. The molecule has 0 aromatic heterocycles. The second-order valence-corrected chi connectivity index (χ2v) is 21.5. The van der Waals surface area contributed by atoms with Gasteiger partial charge in [0.15, 0.2) is 0 Å². The molecule has 2 aliphatic heterocycles. The Morgan fingerprint density at radius 2 is 1.38 bits per heavy atom. The maximum atomic E-state index is 6.64. The Labute approximate surface area is 416 Å². The SMILES string of the molecule is C=C/C=C(\C=C)C(C)(C)/C(C)=C/C(=C\C=C\OP1OCC2(CO1)COP(Oc1ccc(C(C)(C)C3=CCC=CC=C3)cc1C(C)(C)c1ccccc1)OC2)C(C)(C)C(C)/C=C\C=C/C.CC.CC. The van der Waals surface area contributed by atoms with E-state index in [1.165, 1.54) is 27.8 Å². The van der Waals surface area contributed by atoms with Crippen molar-refractivity contribution in [3.63, 3.8) is 0 Å². The molecule has 0 N–H and O–H groups in total. The largest absolute Gasteiger partial charge is 0.435 e. The monoisotopic (exact) mass is 963 g/mol. The van der Waals surface area contributed by atoms with Crippen molar-refractivity contribution in [3.8, 4) is 5.75 Å². The third-order valence-electron chi connectivity index (χ3n) is 13.3. The predicted molar refractivity (Wildman–Crippen MR) is 294 cm³/mol. The van der Waals surface area contributed by atoms with Gasteiger partial charge in [-0.3, -0.25) is 0 Å². The minimum atomic E-state index is -1.66. The normalized spacial score (nSPS) is 21.4. The highest BCUT2D eigenvalue weighted by atomic mass is 31.2. The first-order valence-electron chi connectivity index (χ1n) is 24.4. The van der Waals surface area contributed by atoms with Gasteiger partial charge in [-0.1, -0.05) is 236 Å². The van der Waals surface area contributed by atoms with Crippen LogP contribution in [0.2, 0.25) is 0 Å². The molecule has 370 valence electrons. The number of hydrogen-bond donors (Lipinski definition) is 0. The van der Waals surface area contributed by atoms with Crippen LogP contribution in [0.3, 0.4) is 0 Å². The first-order valence-corrected chi connectivity index (χ1v) is 26.6. The van der Waals surface area contributed by atoms with Crippen molar-refractivity contribution >= 4 is 17.2 Å². The van der Waals surface area contributed by atoms with Gasteiger partial charge < -0.3 is 27.1 Å². The Hall–Kier alpha value is -4.12. The summed E-state index contributed by atoms with van der Waals surface area (Å²) in [5, 5.41) is 0. The molecule has 2 aromatic carbocycles. The van der Waals surface area contributed by atoms with E-state index in [4.69, 9.17) is 27.1 Å². The third-order valence-corrected chi connectivity index (χ3v) is 15.3. The maximum absolute atomic E-state index is 6.64. The summed E-state index contributed by atoms with van der Waals surface area (Å²) in [7, 11) is -3.26. The van der Waals surface area contributed by atoms with Gasteiger partial charge in [0.25, 0.3) is 0 Å². The first-order chi connectivity index (χ1) is 32.4. The van der Waals surface area contributed by atoms with Crippen molar-refractivity contribution in [3.05, 3.63) is 198 Å². The molecule has 1 unspecified atom stereocenters. The van der Waals surface area contributed by atoms with Crippen LogP contribution < -0.4 is 4.52 Å². The van der Waals surface area contributed by atoms with Crippen LogP contribution >= 0.6 is 17.2 Å². The number of allylic oxidation sites excluding steroid dienone is 19. The van der Waals surface area contributed by atoms with Crippen molar-refractivity contribution in [2.24, 2.45) is 22.2 Å². The molecule has 6 nitrogen and oxygen atoms in total. The zero-order valence-corrected chi connectivity index (χ0v) is 46.0. The lowest BCUT2D eigenvalue weighted by atomic mass is 9.70. The van der Waals surface area contributed by atoms with Gasteiger partial charge in [-0.25, -0.2) is 0 Å². The van der Waals surface area contributed by atoms with E-state index in [0.717, 1.165) is 23.3 Å². The Kier molecular flexibility index (Phi) is 23.4. The summed E-state index contributed by atoms with van der Waals surface area (Å²) in [4.78, 5) is 0. The molecule has 2 heterocycles. The van der Waals surface area contributed by atoms with Crippen molar-refractivity contribution in [2.45, 2.75) is 121 Å². The molecule has 5 rings (SSSR count). The molecule has 68 heavy (non-hydrogen) atoms. The first kappa shape index (κ1) is 58.2. The molecule has 0 bridgehead atoms. The maximum Gasteiger partial charge on any atom is 0.397 e. The molecule has 0 saturated carbocycles. The number of hydrogen-bond acceptors (Lipinski definition) is 6. The second-order valence-electron chi connectivity index (χ2n) is 19.1. The summed E-state index contributed by atoms with van der Waals surface area (Å²) in [6, 6.07) is 17.1. The minimum Gasteiger partial charge on any atom is -0.435 e. The molecule has 2 aromatic rings. The van der Waals surface area contributed by atoms with Crippen molar-refractivity contribution in [1.82, 2.24) is 0 Å². The van der Waals surface area contributed by atoms with Crippen molar-refractivity contribution in [1.29, 1.82) is 0 Å². The van der Waals surface area contributed by atoms with E-state index < -0.39 is 22.6 Å². The lowest BCUT2D eigenvalue weighted by molar-refractivity contribution is -0.0689. The van der Waals surface area contributed by atoms with Crippen LogP contribution in [0.15, 0.2) is 181 Å². The second kappa shape index (κ2) is 27.3. The van der Waals surface area contributed by atoms with E-state index in [0.29, 0.717) is 26.4 Å². The van der Waals surface area contributed by atoms with E-state index in [9.17, 15) is 0 Å². The zero-order chi connectivity index (χ0) is 50.6. The Morgan fingerprint density at radius 3 is 1.99 bits per heavy atom. The van der Waals surface area contributed by atoms with Gasteiger partial charge >= 0.3 is 17.2 Å². The lowest BCUT2D eigenvalue weighted by Gasteiger charge is -2.41. The van der Waals surface area contributed by atoms with Gasteiger partial charge in [0.1, 0.15) is 5.75 Å². The standard InChI is InChI=1S/C56H72O6P2.2C2H6/c1-14-17-21-28-43(4)52(6,7)48(37-44(5)53(8,9)45(16-3)27-15-2)33-26-36-57-63-58-39-56(40-59-63)41-60-64(61-42-56)62-51-35-34-49(54(10,11)46-29-22-18-19-23-30-46)38-50(51)55(12,13)47-31-24-20-25-32-47;2*1-2/h14-22,24-38,43H,2-3,23,39-42H2,1,4-13H3;2*1-2H3/b17-14-,28-21-,36-26+,44-37+,45-27+,48-33+;;. The van der Waals surface area contributed by atoms with Gasteiger partial charge in [-0.05, 0) is 71.6 Å². The van der Waals surface area contributed by atoms with Crippen LogP contribution in [0.4, 0.5) is 0 Å². The molecule has 8 heteroatoms. The predicted octanol–water partition coefficient (Wildman–Crippen LogP) is 18.2. The summed E-state index contributed by atoms with van der Waals surface area (Å²) in [6.07, 6.45) is 34.1. The summed E-state index contributed by atoms with van der Waals surface area (Å²) >= 11 is 0. The zero-order valence-electron chi connectivity index (χ0n) is 44.2. The van der Waals surface area contributed by atoms with Crippen LogP contribution in [0.1, 0.15) is 127 Å². The summed E-state index contributed by atoms with van der Waals surface area (Å²) in [6.45, 7) is 42.0. The van der Waals surface area contributed by atoms with Gasteiger partial charge in [-0.2, -0.15) is 0 Å². The molecule has 1 spiro atoms. The van der Waals surface area contributed by atoms with E-state index in [2.05, 4.69) is 192 Å². The number of rotatable bonds is 18. The third kappa shape index (κ3) is 15.2. The van der Waals surface area contributed by atoms with Crippen LogP contribution in [-0.4, -0.2) is 26.4 Å². The molecular formula is C60H84O6P2. The topological polar surface area (TPSA) is 55.4 Å². The van der Waals surface area contributed by atoms with Crippen LogP contribution in [0.25, 0.3) is 0 Å². The van der Waals surface area contributed by atoms with E-state index in [1.807, 2.05) is 65.0 Å².